The third-order valence-electron chi connectivity index (χ3n) is 3.94. The lowest BCUT2D eigenvalue weighted by molar-refractivity contribution is -0.140. The second-order valence-electron chi connectivity index (χ2n) is 5.77. The maximum atomic E-state index is 12.7. The van der Waals surface area contributed by atoms with Crippen LogP contribution in [0.25, 0.3) is 0 Å². The summed E-state index contributed by atoms with van der Waals surface area (Å²) in [7, 11) is 0. The Kier molecular flexibility index (Phi) is 4.93. The summed E-state index contributed by atoms with van der Waals surface area (Å²) < 4.78 is 38.1. The summed E-state index contributed by atoms with van der Waals surface area (Å²) >= 11 is 2.25. The van der Waals surface area contributed by atoms with E-state index in [9.17, 15) is 18.0 Å². The summed E-state index contributed by atoms with van der Waals surface area (Å²) in [5.74, 6) is -0.942. The lowest BCUT2D eigenvalue weighted by atomic mass is 9.98. The number of carboxylic acid groups (broad SMARTS) is 1. The fourth-order valence-electron chi connectivity index (χ4n) is 2.83. The van der Waals surface area contributed by atoms with Crippen molar-refractivity contribution in [3.8, 4) is 0 Å². The van der Waals surface area contributed by atoms with E-state index in [1.54, 1.807) is 6.07 Å². The normalized spacial score (nSPS) is 19.5. The first kappa shape index (κ1) is 17.4. The van der Waals surface area contributed by atoms with Crippen molar-refractivity contribution in [3.05, 3.63) is 38.0 Å². The highest BCUT2D eigenvalue weighted by atomic mass is 32.1. The Bertz CT molecular complexity index is 726. The molecule has 4 nitrogen and oxygen atoms in total. The molecule has 1 saturated heterocycles. The molecule has 24 heavy (non-hydrogen) atoms. The van der Waals surface area contributed by atoms with Crippen molar-refractivity contribution in [1.82, 2.24) is 9.88 Å². The second kappa shape index (κ2) is 6.81. The highest BCUT2D eigenvalue weighted by Crippen LogP contribution is 2.35. The van der Waals surface area contributed by atoms with Crippen LogP contribution in [0.5, 0.6) is 0 Å². The Morgan fingerprint density at radius 3 is 2.79 bits per heavy atom. The zero-order valence-corrected chi connectivity index (χ0v) is 14.2. The first-order chi connectivity index (χ1) is 11.3. The highest BCUT2D eigenvalue weighted by molar-refractivity contribution is 7.12. The number of aromatic carboxylic acids is 1. The van der Waals surface area contributed by atoms with Gasteiger partial charge in [0, 0.05) is 24.4 Å². The topological polar surface area (TPSA) is 53.4 Å². The van der Waals surface area contributed by atoms with E-state index in [1.807, 2.05) is 5.38 Å². The van der Waals surface area contributed by atoms with Gasteiger partial charge in [-0.1, -0.05) is 0 Å². The van der Waals surface area contributed by atoms with Crippen molar-refractivity contribution in [2.45, 2.75) is 31.5 Å². The number of nitrogens with zero attached hydrogens (tertiary/aromatic N) is 2. The molecule has 0 saturated carbocycles. The van der Waals surface area contributed by atoms with Gasteiger partial charge >= 0.3 is 12.1 Å². The number of thiazole rings is 1. The van der Waals surface area contributed by atoms with Gasteiger partial charge in [0.2, 0.25) is 0 Å². The zero-order chi connectivity index (χ0) is 17.3. The monoisotopic (exact) mass is 376 g/mol. The maximum Gasteiger partial charge on any atom is 0.434 e. The molecule has 0 aliphatic carbocycles. The van der Waals surface area contributed by atoms with Gasteiger partial charge in [0.15, 0.2) is 5.69 Å². The van der Waals surface area contributed by atoms with Gasteiger partial charge in [-0.25, -0.2) is 9.78 Å². The number of carboxylic acids is 1. The summed E-state index contributed by atoms with van der Waals surface area (Å²) in [6, 6.07) is 1.65. The number of carbonyl (C=O) groups is 1. The molecule has 130 valence electrons. The molecule has 1 unspecified atom stereocenters. The molecule has 0 aromatic carbocycles. The average molecular weight is 376 g/mol. The summed E-state index contributed by atoms with van der Waals surface area (Å²) in [5, 5.41) is 12.4. The Morgan fingerprint density at radius 1 is 1.38 bits per heavy atom. The van der Waals surface area contributed by atoms with E-state index in [2.05, 4.69) is 9.88 Å². The summed E-state index contributed by atoms with van der Waals surface area (Å²) in [6.45, 7) is 2.10. The molecule has 1 aliphatic rings. The Hall–Kier alpha value is -1.45. The minimum atomic E-state index is -4.40. The lowest BCUT2D eigenvalue weighted by Crippen LogP contribution is -2.33. The molecule has 3 heterocycles. The zero-order valence-electron chi connectivity index (χ0n) is 12.5. The molecule has 0 bridgehead atoms. The molecule has 1 atom stereocenters. The van der Waals surface area contributed by atoms with Gasteiger partial charge < -0.3 is 5.11 Å². The van der Waals surface area contributed by atoms with Gasteiger partial charge in [-0.05, 0) is 36.4 Å². The van der Waals surface area contributed by atoms with Crippen molar-refractivity contribution < 1.29 is 23.1 Å². The van der Waals surface area contributed by atoms with Crippen LogP contribution in [-0.4, -0.2) is 34.0 Å². The molecule has 0 amide bonds. The smallest absolute Gasteiger partial charge is 0.434 e. The Labute approximate surface area is 144 Å². The molecule has 0 spiro atoms. The summed E-state index contributed by atoms with van der Waals surface area (Å²) in [6.07, 6.45) is -2.68. The second-order valence-corrected chi connectivity index (χ2v) is 7.57. The average Bonchev–Trinajstić information content (AvgIpc) is 3.16. The molecule has 2 aromatic heterocycles. The largest absolute Gasteiger partial charge is 0.477 e. The van der Waals surface area contributed by atoms with Crippen LogP contribution >= 0.6 is 22.7 Å². The molecule has 1 fully saturated rings. The van der Waals surface area contributed by atoms with E-state index in [4.69, 9.17) is 5.11 Å². The van der Waals surface area contributed by atoms with Gasteiger partial charge in [-0.2, -0.15) is 13.2 Å². The predicted octanol–water partition coefficient (Wildman–Crippen LogP) is 4.30. The van der Waals surface area contributed by atoms with Crippen LogP contribution in [0.15, 0.2) is 16.8 Å². The standard InChI is InChI=1S/C15H15F3N2O2S2/c16-15(17,18)12-8-24-13(19-12)10-2-1-3-20(6-10)5-9-4-11(14(21)22)23-7-9/h4,7-8,10H,1-3,5-6H2,(H,21,22). The fourth-order valence-corrected chi connectivity index (χ4v) is 4.53. The number of aromatic nitrogens is 1. The van der Waals surface area contributed by atoms with Crippen LogP contribution in [0.4, 0.5) is 13.2 Å². The lowest BCUT2D eigenvalue weighted by Gasteiger charge is -2.31. The first-order valence-corrected chi connectivity index (χ1v) is 9.14. The van der Waals surface area contributed by atoms with Crippen LogP contribution in [0.3, 0.4) is 0 Å². The van der Waals surface area contributed by atoms with Crippen LogP contribution in [0.2, 0.25) is 0 Å². The van der Waals surface area contributed by atoms with Crippen LogP contribution < -0.4 is 0 Å². The van der Waals surface area contributed by atoms with E-state index >= 15 is 0 Å². The first-order valence-electron chi connectivity index (χ1n) is 7.38. The quantitative estimate of drug-likeness (QED) is 0.864. The van der Waals surface area contributed by atoms with Crippen molar-refractivity contribution in [1.29, 1.82) is 0 Å². The third kappa shape index (κ3) is 3.96. The molecular formula is C15H15F3N2O2S2. The van der Waals surface area contributed by atoms with Crippen molar-refractivity contribution in [2.24, 2.45) is 0 Å². The highest BCUT2D eigenvalue weighted by Gasteiger charge is 2.35. The van der Waals surface area contributed by atoms with Gasteiger partial charge in [-0.3, -0.25) is 4.90 Å². The number of piperidine rings is 1. The van der Waals surface area contributed by atoms with Crippen LogP contribution in [0, 0.1) is 0 Å². The van der Waals surface area contributed by atoms with E-state index in [1.165, 1.54) is 11.3 Å². The molecule has 3 rings (SSSR count). The molecule has 9 heteroatoms. The molecule has 0 radical (unpaired) electrons. The number of alkyl halides is 3. The minimum absolute atomic E-state index is 0.00238. The number of hydrogen-bond acceptors (Lipinski definition) is 5. The summed E-state index contributed by atoms with van der Waals surface area (Å²) in [4.78, 5) is 17.1. The third-order valence-corrected chi connectivity index (χ3v) is 5.91. The Balaban J connectivity index is 1.65. The summed E-state index contributed by atoms with van der Waals surface area (Å²) in [5.41, 5.74) is 0.108. The number of rotatable bonds is 4. The van der Waals surface area contributed by atoms with Crippen molar-refractivity contribution >= 4 is 28.6 Å². The van der Waals surface area contributed by atoms with E-state index in [0.29, 0.717) is 23.0 Å². The predicted molar refractivity (Wildman–Crippen MR) is 85.6 cm³/mol. The SMILES string of the molecule is O=C(O)c1cc(CN2CCCC(c3nc(C(F)(F)F)cs3)C2)cs1. The fraction of sp³-hybridized carbons (Fsp3) is 0.467. The van der Waals surface area contributed by atoms with Crippen molar-refractivity contribution in [2.75, 3.05) is 13.1 Å². The Morgan fingerprint density at radius 2 is 2.17 bits per heavy atom. The molecule has 1 N–H and O–H groups in total. The molecule has 2 aromatic rings. The van der Waals surface area contributed by atoms with Crippen molar-refractivity contribution in [3.63, 3.8) is 0 Å². The number of halogens is 3. The number of hydrogen-bond donors (Lipinski definition) is 1. The van der Waals surface area contributed by atoms with E-state index in [-0.39, 0.29) is 5.92 Å². The van der Waals surface area contributed by atoms with E-state index in [0.717, 1.165) is 41.7 Å². The molecule has 1 aliphatic heterocycles. The van der Waals surface area contributed by atoms with Gasteiger partial charge in [-0.15, -0.1) is 22.7 Å². The van der Waals surface area contributed by atoms with Gasteiger partial charge in [0.1, 0.15) is 4.88 Å². The van der Waals surface area contributed by atoms with Crippen LogP contribution in [0.1, 0.15) is 44.7 Å². The van der Waals surface area contributed by atoms with Gasteiger partial charge in [0.25, 0.3) is 0 Å². The number of thiophene rings is 1. The number of likely N-dealkylation sites (tertiary alicyclic amines) is 1. The van der Waals surface area contributed by atoms with Gasteiger partial charge in [0.05, 0.1) is 5.01 Å². The minimum Gasteiger partial charge on any atom is -0.477 e. The molecular weight excluding hydrogens is 361 g/mol. The van der Waals surface area contributed by atoms with Crippen LogP contribution in [-0.2, 0) is 12.7 Å². The van der Waals surface area contributed by atoms with E-state index < -0.39 is 17.8 Å². The maximum absolute atomic E-state index is 12.7.